The van der Waals surface area contributed by atoms with Gasteiger partial charge in [0.2, 0.25) is 0 Å². The molecule has 2 aromatic carbocycles. The molecule has 0 unspecified atom stereocenters. The van der Waals surface area contributed by atoms with E-state index in [1.165, 1.54) is 12.1 Å². The van der Waals surface area contributed by atoms with E-state index in [0.717, 1.165) is 5.75 Å². The summed E-state index contributed by atoms with van der Waals surface area (Å²) in [6, 6.07) is 16.4. The Morgan fingerprint density at radius 1 is 0.963 bits per heavy atom. The Morgan fingerprint density at radius 3 is 2.30 bits per heavy atom. The molecule has 3 rings (SSSR count). The van der Waals surface area contributed by atoms with Gasteiger partial charge in [-0.3, -0.25) is 4.79 Å². The van der Waals surface area contributed by atoms with Crippen molar-refractivity contribution < 1.29 is 23.1 Å². The van der Waals surface area contributed by atoms with Gasteiger partial charge in [-0.2, -0.15) is 0 Å². The quantitative estimate of drug-likeness (QED) is 0.602. The number of hydrogen-bond acceptors (Lipinski definition) is 4. The van der Waals surface area contributed by atoms with E-state index in [1.54, 1.807) is 24.3 Å². The lowest BCUT2D eigenvalue weighted by molar-refractivity contribution is 0.0920. The zero-order chi connectivity index (χ0) is 19.1. The lowest BCUT2D eigenvalue weighted by Gasteiger charge is -2.08. The van der Waals surface area contributed by atoms with Gasteiger partial charge in [-0.1, -0.05) is 0 Å². The van der Waals surface area contributed by atoms with Crippen molar-refractivity contribution in [1.82, 2.24) is 5.32 Å². The molecule has 0 radical (unpaired) electrons. The van der Waals surface area contributed by atoms with Gasteiger partial charge in [0.15, 0.2) is 5.76 Å². The molecule has 0 spiro atoms. The molecule has 0 atom stereocenters. The average Bonchev–Trinajstić information content (AvgIpc) is 3.17. The third-order valence-electron chi connectivity index (χ3n) is 3.75. The fraction of sp³-hybridized carbons (Fsp3) is 0.190. The summed E-state index contributed by atoms with van der Waals surface area (Å²) >= 11 is 0. The zero-order valence-corrected chi connectivity index (χ0v) is 14.9. The predicted octanol–water partition coefficient (Wildman–Crippen LogP) is 4.29. The van der Waals surface area contributed by atoms with Crippen LogP contribution >= 0.6 is 0 Å². The van der Waals surface area contributed by atoms with E-state index in [9.17, 15) is 9.18 Å². The maximum absolute atomic E-state index is 13.0. The summed E-state index contributed by atoms with van der Waals surface area (Å²) in [4.78, 5) is 12.1. The zero-order valence-electron chi connectivity index (χ0n) is 14.9. The first-order valence-electron chi connectivity index (χ1n) is 8.65. The van der Waals surface area contributed by atoms with Gasteiger partial charge in [0, 0.05) is 5.56 Å². The van der Waals surface area contributed by atoms with Crippen LogP contribution in [-0.2, 0) is 0 Å². The number of carbonyl (C=O) groups is 1. The molecule has 1 amide bonds. The standard InChI is InChI=1S/C21H20FNO4/c1-2-25-17-7-9-18(10-8-17)26-14-13-23-21(24)20-12-11-19(27-20)15-3-5-16(22)6-4-15/h3-12H,2,13-14H2,1H3,(H,23,24). The number of furan rings is 1. The summed E-state index contributed by atoms with van der Waals surface area (Å²) < 4.78 is 29.4. The molecular formula is C21H20FNO4. The van der Waals surface area contributed by atoms with Gasteiger partial charge in [0.1, 0.15) is 29.7 Å². The molecule has 0 bridgehead atoms. The van der Waals surface area contributed by atoms with E-state index in [-0.39, 0.29) is 17.5 Å². The molecule has 3 aromatic rings. The SMILES string of the molecule is CCOc1ccc(OCCNC(=O)c2ccc(-c3ccc(F)cc3)o2)cc1. The normalized spacial score (nSPS) is 10.4. The van der Waals surface area contributed by atoms with Crippen molar-refractivity contribution in [2.75, 3.05) is 19.8 Å². The van der Waals surface area contributed by atoms with Crippen LogP contribution in [-0.4, -0.2) is 25.7 Å². The molecule has 0 saturated carbocycles. The summed E-state index contributed by atoms with van der Waals surface area (Å²) in [7, 11) is 0. The van der Waals surface area contributed by atoms with E-state index in [0.29, 0.717) is 36.8 Å². The van der Waals surface area contributed by atoms with Crippen LogP contribution < -0.4 is 14.8 Å². The average molecular weight is 369 g/mol. The highest BCUT2D eigenvalue weighted by atomic mass is 19.1. The number of nitrogens with one attached hydrogen (secondary N) is 1. The Labute approximate surface area is 156 Å². The topological polar surface area (TPSA) is 60.7 Å². The predicted molar refractivity (Wildman–Crippen MR) is 99.5 cm³/mol. The first-order valence-corrected chi connectivity index (χ1v) is 8.65. The van der Waals surface area contributed by atoms with Gasteiger partial charge in [-0.05, 0) is 67.6 Å². The maximum atomic E-state index is 13.0. The number of hydrogen-bond donors (Lipinski definition) is 1. The minimum absolute atomic E-state index is 0.190. The molecule has 0 aliphatic carbocycles. The van der Waals surface area contributed by atoms with Crippen molar-refractivity contribution in [2.24, 2.45) is 0 Å². The summed E-state index contributed by atoms with van der Waals surface area (Å²) in [5.41, 5.74) is 0.703. The van der Waals surface area contributed by atoms with Gasteiger partial charge in [-0.15, -0.1) is 0 Å². The molecule has 0 saturated heterocycles. The van der Waals surface area contributed by atoms with Crippen molar-refractivity contribution in [3.8, 4) is 22.8 Å². The van der Waals surface area contributed by atoms with Crippen LogP contribution in [0.15, 0.2) is 65.1 Å². The minimum atomic E-state index is -0.335. The largest absolute Gasteiger partial charge is 0.494 e. The molecule has 0 fully saturated rings. The van der Waals surface area contributed by atoms with Crippen LogP contribution in [0.25, 0.3) is 11.3 Å². The molecule has 0 aliphatic rings. The van der Waals surface area contributed by atoms with Crippen molar-refractivity contribution >= 4 is 5.91 Å². The third-order valence-corrected chi connectivity index (χ3v) is 3.75. The van der Waals surface area contributed by atoms with Crippen molar-refractivity contribution in [1.29, 1.82) is 0 Å². The first kappa shape index (κ1) is 18.5. The second-order valence-corrected chi connectivity index (χ2v) is 5.68. The van der Waals surface area contributed by atoms with E-state index in [2.05, 4.69) is 5.32 Å². The molecule has 6 heteroatoms. The van der Waals surface area contributed by atoms with Crippen LogP contribution in [0.3, 0.4) is 0 Å². The Hall–Kier alpha value is -3.28. The molecule has 140 valence electrons. The Balaban J connectivity index is 1.46. The molecular weight excluding hydrogens is 349 g/mol. The van der Waals surface area contributed by atoms with Crippen LogP contribution in [0.4, 0.5) is 4.39 Å². The van der Waals surface area contributed by atoms with E-state index in [4.69, 9.17) is 13.9 Å². The molecule has 1 N–H and O–H groups in total. The lowest BCUT2D eigenvalue weighted by Crippen LogP contribution is -2.27. The van der Waals surface area contributed by atoms with Crippen molar-refractivity contribution in [3.05, 3.63) is 72.2 Å². The fourth-order valence-electron chi connectivity index (χ4n) is 2.45. The fourth-order valence-corrected chi connectivity index (χ4v) is 2.45. The third kappa shape index (κ3) is 5.10. The van der Waals surface area contributed by atoms with Crippen molar-refractivity contribution in [2.45, 2.75) is 6.92 Å². The van der Waals surface area contributed by atoms with Gasteiger partial charge in [0.05, 0.1) is 13.2 Å². The van der Waals surface area contributed by atoms with Gasteiger partial charge < -0.3 is 19.2 Å². The van der Waals surface area contributed by atoms with Crippen LogP contribution in [0.2, 0.25) is 0 Å². The Morgan fingerprint density at radius 2 is 1.63 bits per heavy atom. The highest BCUT2D eigenvalue weighted by molar-refractivity contribution is 5.92. The number of ether oxygens (including phenoxy) is 2. The lowest BCUT2D eigenvalue weighted by atomic mass is 10.2. The Bertz CT molecular complexity index is 872. The maximum Gasteiger partial charge on any atom is 0.287 e. The van der Waals surface area contributed by atoms with Crippen LogP contribution in [0.5, 0.6) is 11.5 Å². The van der Waals surface area contributed by atoms with Gasteiger partial charge >= 0.3 is 0 Å². The summed E-state index contributed by atoms with van der Waals surface area (Å²) in [6.45, 7) is 3.19. The molecule has 5 nitrogen and oxygen atoms in total. The van der Waals surface area contributed by atoms with Crippen molar-refractivity contribution in [3.63, 3.8) is 0 Å². The Kier molecular flexibility index (Phi) is 6.10. The second-order valence-electron chi connectivity index (χ2n) is 5.68. The second kappa shape index (κ2) is 8.89. The molecule has 1 aromatic heterocycles. The number of halogens is 1. The number of rotatable bonds is 8. The summed E-state index contributed by atoms with van der Waals surface area (Å²) in [5.74, 6) is 1.52. The van der Waals surface area contributed by atoms with E-state index >= 15 is 0 Å². The minimum Gasteiger partial charge on any atom is -0.494 e. The summed E-state index contributed by atoms with van der Waals surface area (Å²) in [6.07, 6.45) is 0. The first-order chi connectivity index (χ1) is 13.2. The monoisotopic (exact) mass is 369 g/mol. The molecule has 0 aliphatic heterocycles. The van der Waals surface area contributed by atoms with Crippen LogP contribution in [0, 0.1) is 5.82 Å². The number of carbonyl (C=O) groups excluding carboxylic acids is 1. The van der Waals surface area contributed by atoms with E-state index in [1.807, 2.05) is 31.2 Å². The van der Waals surface area contributed by atoms with Crippen LogP contribution in [0.1, 0.15) is 17.5 Å². The highest BCUT2D eigenvalue weighted by Crippen LogP contribution is 2.22. The number of amides is 1. The van der Waals surface area contributed by atoms with Gasteiger partial charge in [0.25, 0.3) is 5.91 Å². The molecule has 1 heterocycles. The smallest absolute Gasteiger partial charge is 0.287 e. The number of benzene rings is 2. The summed E-state index contributed by atoms with van der Waals surface area (Å²) in [5, 5.41) is 2.73. The highest BCUT2D eigenvalue weighted by Gasteiger charge is 2.12. The van der Waals surface area contributed by atoms with E-state index < -0.39 is 0 Å². The molecule has 27 heavy (non-hydrogen) atoms. The van der Waals surface area contributed by atoms with Gasteiger partial charge in [-0.25, -0.2) is 4.39 Å².